The van der Waals surface area contributed by atoms with E-state index in [0.717, 1.165) is 11.8 Å². The van der Waals surface area contributed by atoms with E-state index in [-0.39, 0.29) is 360 Å². The molecule has 103 valence electrons. The summed E-state index contributed by atoms with van der Waals surface area (Å²) in [6.07, 6.45) is 9.00. The molecule has 0 aromatic rings. The normalized spacial score (nSPS) is 20.6. The Hall–Kier alpha value is 12.1. The molecule has 0 amide bonds. The van der Waals surface area contributed by atoms with Crippen molar-refractivity contribution < 1.29 is 360 Å². The molecule has 11 radical (unpaired) electrons. The Bertz CT molecular complexity index is 115. The summed E-state index contributed by atoms with van der Waals surface area (Å²) in [4.78, 5) is 0. The van der Waals surface area contributed by atoms with E-state index in [1.165, 1.54) is 32.1 Å². The van der Waals surface area contributed by atoms with Crippen molar-refractivity contribution in [1.29, 1.82) is 0 Å². The van der Waals surface area contributed by atoms with Gasteiger partial charge in [-0.2, -0.15) is 25.7 Å². The van der Waals surface area contributed by atoms with Gasteiger partial charge >= 0.3 is 0 Å². The van der Waals surface area contributed by atoms with Crippen LogP contribution in [0.2, 0.25) is 0 Å². The van der Waals surface area contributed by atoms with Crippen LogP contribution in [0.4, 0.5) is 0 Å². The molecule has 4 aliphatic carbocycles. The van der Waals surface area contributed by atoms with E-state index < -0.39 is 0 Å². The third kappa shape index (κ3) is 27.0. The molecule has 4 saturated carbocycles. The Morgan fingerprint density at radius 1 is 0.478 bits per heavy atom. The first-order valence-corrected chi connectivity index (χ1v) is 5.57. The zero-order valence-corrected chi connectivity index (χ0v) is 46.0. The molecule has 0 N–H and O–H groups in total. The predicted octanol–water partition coefficient (Wildman–Crippen LogP) is 3.75. The molecule has 0 heterocycles. The molecule has 0 nitrogen and oxygen atoms in total. The van der Waals surface area contributed by atoms with Crippen LogP contribution in [0.5, 0.6) is 0 Å². The van der Waals surface area contributed by atoms with Crippen LogP contribution in [0, 0.1) is 23.7 Å². The summed E-state index contributed by atoms with van der Waals surface area (Å²) in [5, 5.41) is 0. The fourth-order valence-electron chi connectivity index (χ4n) is 3.39. The van der Waals surface area contributed by atoms with Gasteiger partial charge in [-0.3, -0.25) is 0 Å². The van der Waals surface area contributed by atoms with Gasteiger partial charge in [0.05, 0.1) is 0 Å². The van der Waals surface area contributed by atoms with Gasteiger partial charge in [-0.05, 0) is 0 Å². The average Bonchev–Trinajstić information content (AvgIpc) is 2.05. The first kappa shape index (κ1) is 64.8. The molecular formula is C12H20Y11-2. The summed E-state index contributed by atoms with van der Waals surface area (Å²) < 4.78 is 0. The summed E-state index contributed by atoms with van der Waals surface area (Å²) in [5.41, 5.74) is 0. The Balaban J connectivity index is -0.0000000158. The molecule has 4 bridgehead atoms. The number of hydrogen-bond acceptors (Lipinski definition) is 0. The minimum absolute atomic E-state index is 0. The zero-order valence-electron chi connectivity index (χ0n) is 14.7. The van der Waals surface area contributed by atoms with Crippen molar-refractivity contribution in [1.82, 2.24) is 0 Å². The molecule has 0 unspecified atom stereocenters. The van der Waals surface area contributed by atoms with E-state index in [4.69, 9.17) is 0 Å². The summed E-state index contributed by atoms with van der Waals surface area (Å²) in [5.74, 6) is 6.00. The molecule has 4 rings (SSSR count). The molecule has 4 aliphatic rings. The van der Waals surface area contributed by atoms with Crippen LogP contribution in [0.1, 0.15) is 52.4 Å². The van der Waals surface area contributed by atoms with Gasteiger partial charge in [0.1, 0.15) is 0 Å². The van der Waals surface area contributed by atoms with E-state index in [2.05, 4.69) is 0 Å². The van der Waals surface area contributed by atoms with Crippen molar-refractivity contribution >= 4 is 0 Å². The largest absolute Gasteiger partial charge is 0.342 e. The molecule has 11 heteroatoms. The maximum atomic E-state index is 2.00. The van der Waals surface area contributed by atoms with Crippen LogP contribution in [-0.2, 0) is 360 Å². The van der Waals surface area contributed by atoms with E-state index in [1.807, 2.05) is 25.7 Å². The maximum Gasteiger partial charge on any atom is 0 e. The van der Waals surface area contributed by atoms with Crippen molar-refractivity contribution in [2.75, 3.05) is 0 Å². The van der Waals surface area contributed by atoms with Gasteiger partial charge in [0.2, 0.25) is 0 Å². The maximum absolute atomic E-state index is 2.00. The third-order valence-corrected chi connectivity index (χ3v) is 3.48. The smallest absolute Gasteiger partial charge is 0 e. The van der Waals surface area contributed by atoms with Crippen molar-refractivity contribution in [2.45, 2.75) is 52.4 Å². The second kappa shape index (κ2) is 41.3. The summed E-state index contributed by atoms with van der Waals surface area (Å²) in [6.45, 7) is 4.00. The SMILES string of the molecule is C1[C-]2CC3C[C-]1CC(C2)C3.CC.[Y].[Y].[Y].[Y].[Y].[Y].[Y].[Y].[Y].[Y].[Y]. The summed E-state index contributed by atoms with van der Waals surface area (Å²) in [6, 6.07) is 0. The zero-order chi connectivity index (χ0) is 8.55. The first-order valence-electron chi connectivity index (χ1n) is 5.57. The topological polar surface area (TPSA) is 0 Å². The van der Waals surface area contributed by atoms with E-state index in [9.17, 15) is 0 Å². The van der Waals surface area contributed by atoms with Crippen LogP contribution < -0.4 is 0 Å². The molecule has 0 aromatic heterocycles. The predicted molar refractivity (Wildman–Crippen MR) is 52.5 cm³/mol. The molecule has 4 fully saturated rings. The van der Waals surface area contributed by atoms with Gasteiger partial charge in [-0.25, -0.2) is 0 Å². The fraction of sp³-hybridized carbons (Fsp3) is 0.833. The van der Waals surface area contributed by atoms with Crippen LogP contribution in [0.15, 0.2) is 0 Å². The Morgan fingerprint density at radius 2 is 0.696 bits per heavy atom. The second-order valence-electron chi connectivity index (χ2n) is 4.46. The molecule has 0 aliphatic heterocycles. The minimum Gasteiger partial charge on any atom is -0.342 e. The summed E-state index contributed by atoms with van der Waals surface area (Å²) >= 11 is 0. The molecular weight excluding hydrogens is 1120 g/mol. The van der Waals surface area contributed by atoms with Gasteiger partial charge < -0.3 is 18.3 Å². The van der Waals surface area contributed by atoms with Gasteiger partial charge in [-0.15, -0.1) is 0 Å². The third-order valence-electron chi connectivity index (χ3n) is 3.48. The monoisotopic (exact) mass is 1140 g/mol. The number of hydrogen-bond donors (Lipinski definition) is 0. The summed E-state index contributed by atoms with van der Waals surface area (Å²) in [7, 11) is 0. The van der Waals surface area contributed by atoms with E-state index in [0.29, 0.717) is 0 Å². The van der Waals surface area contributed by atoms with Crippen molar-refractivity contribution in [3.05, 3.63) is 11.8 Å². The standard InChI is InChI=1S/C10H14.C2H6.11Y/c1-7-2-9-4-8(1)5-10(3-7)6-9;1-2;;;;;;;;;;;/h7-8H,1-6H2;1-2H3;;;;;;;;;;;/q-2;;;;;;;;;;;;. The molecule has 0 saturated heterocycles. The van der Waals surface area contributed by atoms with Gasteiger partial charge in [0.15, 0.2) is 0 Å². The first-order chi connectivity index (χ1) is 5.90. The van der Waals surface area contributed by atoms with Crippen LogP contribution >= 0.6 is 0 Å². The van der Waals surface area contributed by atoms with Gasteiger partial charge in [0, 0.05) is 360 Å². The van der Waals surface area contributed by atoms with E-state index in [1.54, 1.807) is 6.42 Å². The Kier molecular flexibility index (Phi) is 116. The molecule has 0 atom stereocenters. The fourth-order valence-corrected chi connectivity index (χ4v) is 3.39. The van der Waals surface area contributed by atoms with Crippen molar-refractivity contribution in [3.63, 3.8) is 0 Å². The van der Waals surface area contributed by atoms with E-state index >= 15 is 0 Å². The van der Waals surface area contributed by atoms with Crippen molar-refractivity contribution in [2.24, 2.45) is 11.8 Å². The van der Waals surface area contributed by atoms with Crippen molar-refractivity contribution in [3.8, 4) is 0 Å². The second-order valence-corrected chi connectivity index (χ2v) is 4.46. The van der Waals surface area contributed by atoms with Crippen LogP contribution in [0.3, 0.4) is 0 Å². The Morgan fingerprint density at radius 3 is 0.870 bits per heavy atom. The quantitative estimate of drug-likeness (QED) is 0.325. The molecule has 0 spiro atoms. The van der Waals surface area contributed by atoms with Gasteiger partial charge in [-0.1, -0.05) is 32.1 Å². The number of rotatable bonds is 0. The minimum atomic E-state index is 0. The van der Waals surface area contributed by atoms with Crippen LogP contribution in [0.25, 0.3) is 0 Å². The van der Waals surface area contributed by atoms with Crippen LogP contribution in [-0.4, -0.2) is 0 Å². The molecule has 0 aromatic carbocycles. The Labute approximate surface area is 422 Å². The average molecular weight is 1140 g/mol. The van der Waals surface area contributed by atoms with Gasteiger partial charge in [0.25, 0.3) is 0 Å². The molecule has 23 heavy (non-hydrogen) atoms.